The number of hydrogen-bond acceptors (Lipinski definition) is 0. The minimum atomic E-state index is 1.09. The topological polar surface area (TPSA) is 0 Å². The van der Waals surface area contributed by atoms with Crippen molar-refractivity contribution in [3.8, 4) is 0 Å². The molecular formula is C33H40. The summed E-state index contributed by atoms with van der Waals surface area (Å²) in [4.78, 5) is 0. The Kier molecular flexibility index (Phi) is 7.48. The lowest BCUT2D eigenvalue weighted by atomic mass is 9.90. The lowest BCUT2D eigenvalue weighted by Crippen LogP contribution is -1.95. The van der Waals surface area contributed by atoms with Crippen LogP contribution >= 0.6 is 0 Å². The van der Waals surface area contributed by atoms with E-state index in [0.29, 0.717) is 0 Å². The number of rotatable bonds is 5. The second-order valence-corrected chi connectivity index (χ2v) is 9.90. The van der Waals surface area contributed by atoms with E-state index in [0.717, 1.165) is 6.42 Å². The first-order valence-corrected chi connectivity index (χ1v) is 12.2. The van der Waals surface area contributed by atoms with E-state index >= 15 is 0 Å². The Morgan fingerprint density at radius 2 is 0.909 bits per heavy atom. The van der Waals surface area contributed by atoms with Crippen LogP contribution in [0, 0.1) is 48.5 Å². The fourth-order valence-electron chi connectivity index (χ4n) is 5.14. The average Bonchev–Trinajstić information content (AvgIpc) is 2.73. The third-order valence-electron chi connectivity index (χ3n) is 7.21. The maximum absolute atomic E-state index is 2.36. The number of aryl methyl sites for hydroxylation is 6. The van der Waals surface area contributed by atoms with Gasteiger partial charge in [0.1, 0.15) is 0 Å². The van der Waals surface area contributed by atoms with Crippen molar-refractivity contribution in [2.24, 2.45) is 0 Å². The molecule has 0 fully saturated rings. The van der Waals surface area contributed by atoms with Gasteiger partial charge in [-0.15, -0.1) is 0 Å². The highest BCUT2D eigenvalue weighted by Crippen LogP contribution is 2.30. The zero-order valence-corrected chi connectivity index (χ0v) is 22.3. The smallest absolute Gasteiger partial charge is 0.0195 e. The molecule has 172 valence electrons. The van der Waals surface area contributed by atoms with Crippen LogP contribution in [-0.4, -0.2) is 0 Å². The van der Waals surface area contributed by atoms with Crippen molar-refractivity contribution in [1.29, 1.82) is 0 Å². The van der Waals surface area contributed by atoms with Crippen LogP contribution in [-0.2, 0) is 6.42 Å². The van der Waals surface area contributed by atoms with Gasteiger partial charge in [-0.05, 0) is 147 Å². The normalized spacial score (nSPS) is 12.4. The van der Waals surface area contributed by atoms with Crippen LogP contribution < -0.4 is 0 Å². The molecule has 0 heterocycles. The molecule has 0 saturated carbocycles. The Hall–Kier alpha value is -2.86. The maximum atomic E-state index is 2.36. The predicted molar refractivity (Wildman–Crippen MR) is 149 cm³/mol. The molecule has 3 aromatic rings. The summed E-state index contributed by atoms with van der Waals surface area (Å²) in [6, 6.07) is 14.0. The van der Waals surface area contributed by atoms with Crippen molar-refractivity contribution in [3.05, 3.63) is 103 Å². The molecule has 0 N–H and O–H groups in total. The Morgan fingerprint density at radius 3 is 1.27 bits per heavy atom. The Balaban J connectivity index is 1.98. The van der Waals surface area contributed by atoms with Gasteiger partial charge in [0.25, 0.3) is 0 Å². The first-order valence-electron chi connectivity index (χ1n) is 12.2. The number of benzene rings is 3. The fourth-order valence-corrected chi connectivity index (χ4v) is 5.14. The Bertz CT molecular complexity index is 1220. The third kappa shape index (κ3) is 5.38. The lowest BCUT2D eigenvalue weighted by Gasteiger charge is -2.15. The van der Waals surface area contributed by atoms with Gasteiger partial charge < -0.3 is 0 Å². The summed E-state index contributed by atoms with van der Waals surface area (Å²) in [7, 11) is 0. The van der Waals surface area contributed by atoms with Crippen molar-refractivity contribution in [2.45, 2.75) is 75.7 Å². The van der Waals surface area contributed by atoms with E-state index < -0.39 is 0 Å². The molecule has 0 atom stereocenters. The van der Waals surface area contributed by atoms with Crippen molar-refractivity contribution < 1.29 is 0 Å². The predicted octanol–water partition coefficient (Wildman–Crippen LogP) is 9.53. The highest BCUT2D eigenvalue weighted by atomic mass is 14.1. The molecule has 3 rings (SSSR count). The molecule has 0 unspecified atom stereocenters. The standard InChI is InChI=1S/C33H40/c1-11-31-22(4)14-30(15-23(31)5)17-25(7)33-19-26(8)32(18-27(33)9)24(6)16-29-12-20(2)28(10)21(3)13-29/h12-19H,11H2,1-10H3/b24-16+,25-17+. The Morgan fingerprint density at radius 1 is 0.545 bits per heavy atom. The van der Waals surface area contributed by atoms with E-state index in [1.54, 1.807) is 0 Å². The quantitative estimate of drug-likeness (QED) is 0.349. The molecule has 0 heteroatoms. The van der Waals surface area contributed by atoms with E-state index in [1.807, 2.05) is 0 Å². The molecular weight excluding hydrogens is 396 g/mol. The number of allylic oxidation sites excluding steroid dienone is 2. The fraction of sp³-hybridized carbons (Fsp3) is 0.333. The van der Waals surface area contributed by atoms with E-state index in [9.17, 15) is 0 Å². The van der Waals surface area contributed by atoms with Crippen molar-refractivity contribution in [1.82, 2.24) is 0 Å². The zero-order valence-electron chi connectivity index (χ0n) is 22.3. The molecule has 0 spiro atoms. The van der Waals surface area contributed by atoms with Gasteiger partial charge in [0.2, 0.25) is 0 Å². The van der Waals surface area contributed by atoms with Crippen molar-refractivity contribution in [2.75, 3.05) is 0 Å². The first-order chi connectivity index (χ1) is 15.5. The Labute approximate surface area is 202 Å². The van der Waals surface area contributed by atoms with Crippen LogP contribution in [0.2, 0.25) is 0 Å². The largest absolute Gasteiger partial charge is 0.0613 e. The van der Waals surface area contributed by atoms with Crippen LogP contribution in [0.5, 0.6) is 0 Å². The third-order valence-corrected chi connectivity index (χ3v) is 7.21. The molecule has 0 aromatic heterocycles. The summed E-state index contributed by atoms with van der Waals surface area (Å²) < 4.78 is 0. The summed E-state index contributed by atoms with van der Waals surface area (Å²) >= 11 is 0. The van der Waals surface area contributed by atoms with Crippen LogP contribution in [0.1, 0.15) is 87.5 Å². The van der Waals surface area contributed by atoms with Gasteiger partial charge in [0, 0.05) is 0 Å². The molecule has 0 nitrogen and oxygen atoms in total. The van der Waals surface area contributed by atoms with Gasteiger partial charge in [-0.1, -0.05) is 55.5 Å². The molecule has 0 amide bonds. The minimum absolute atomic E-state index is 1.09. The van der Waals surface area contributed by atoms with E-state index in [-0.39, 0.29) is 0 Å². The average molecular weight is 437 g/mol. The van der Waals surface area contributed by atoms with Crippen molar-refractivity contribution >= 4 is 23.3 Å². The summed E-state index contributed by atoms with van der Waals surface area (Å²) in [5, 5.41) is 0. The molecule has 0 saturated heterocycles. The van der Waals surface area contributed by atoms with E-state index in [4.69, 9.17) is 0 Å². The van der Waals surface area contributed by atoms with E-state index in [2.05, 4.69) is 118 Å². The van der Waals surface area contributed by atoms with Crippen LogP contribution in [0.3, 0.4) is 0 Å². The van der Waals surface area contributed by atoms with Gasteiger partial charge in [-0.25, -0.2) is 0 Å². The second-order valence-electron chi connectivity index (χ2n) is 9.90. The molecule has 33 heavy (non-hydrogen) atoms. The first kappa shape index (κ1) is 24.8. The van der Waals surface area contributed by atoms with Gasteiger partial charge in [-0.2, -0.15) is 0 Å². The van der Waals surface area contributed by atoms with Gasteiger partial charge in [0.15, 0.2) is 0 Å². The lowest BCUT2D eigenvalue weighted by molar-refractivity contribution is 1.08. The van der Waals surface area contributed by atoms with Gasteiger partial charge >= 0.3 is 0 Å². The summed E-state index contributed by atoms with van der Waals surface area (Å²) in [6.07, 6.45) is 5.75. The highest BCUT2D eigenvalue weighted by molar-refractivity contribution is 5.86. The van der Waals surface area contributed by atoms with Gasteiger partial charge in [-0.3, -0.25) is 0 Å². The van der Waals surface area contributed by atoms with Gasteiger partial charge in [0.05, 0.1) is 0 Å². The molecule has 0 aliphatic heterocycles. The van der Waals surface area contributed by atoms with Crippen molar-refractivity contribution in [3.63, 3.8) is 0 Å². The van der Waals surface area contributed by atoms with Crippen LogP contribution in [0.15, 0.2) is 36.4 Å². The monoisotopic (exact) mass is 436 g/mol. The molecule has 0 bridgehead atoms. The molecule has 3 aromatic carbocycles. The second kappa shape index (κ2) is 9.96. The maximum Gasteiger partial charge on any atom is -0.0195 e. The summed E-state index contributed by atoms with van der Waals surface area (Å²) in [6.45, 7) is 22.2. The van der Waals surface area contributed by atoms with E-state index in [1.165, 1.54) is 77.9 Å². The molecule has 0 aliphatic carbocycles. The minimum Gasteiger partial charge on any atom is -0.0613 e. The summed E-state index contributed by atoms with van der Waals surface area (Å²) in [5.74, 6) is 0. The SMILES string of the molecule is CCc1c(C)cc(/C=C(\C)c2cc(C)c(/C(C)=C/c3cc(C)c(C)c(C)c3)cc2C)cc1C. The molecule has 0 aliphatic rings. The highest BCUT2D eigenvalue weighted by Gasteiger charge is 2.10. The van der Waals surface area contributed by atoms with Crippen LogP contribution in [0.4, 0.5) is 0 Å². The number of hydrogen-bond donors (Lipinski definition) is 0. The molecule has 0 radical (unpaired) electrons. The zero-order chi connectivity index (χ0) is 24.4. The summed E-state index contributed by atoms with van der Waals surface area (Å²) in [5.41, 5.74) is 18.9. The van der Waals surface area contributed by atoms with Crippen LogP contribution in [0.25, 0.3) is 23.3 Å².